The summed E-state index contributed by atoms with van der Waals surface area (Å²) < 4.78 is 5.55. The number of hydrogen-bond donors (Lipinski definition) is 1. The predicted molar refractivity (Wildman–Crippen MR) is 159 cm³/mol. The highest BCUT2D eigenvalue weighted by Crippen LogP contribution is 2.63. The van der Waals surface area contributed by atoms with E-state index >= 15 is 0 Å². The molecule has 3 amide bonds. The zero-order chi connectivity index (χ0) is 28.8. The molecule has 0 aromatic heterocycles. The molecule has 1 saturated heterocycles. The number of rotatable bonds is 7. The second-order valence-electron chi connectivity index (χ2n) is 11.0. The Morgan fingerprint density at radius 3 is 2.17 bits per heavy atom. The highest BCUT2D eigenvalue weighted by Gasteiger charge is 2.68. The number of carbonyl (C=O) groups excluding carboxylic acids is 3. The van der Waals surface area contributed by atoms with Gasteiger partial charge in [-0.15, -0.1) is 0 Å². The number of nitrogens with zero attached hydrogens (tertiary/aromatic N) is 2. The number of hydrazone groups is 1. The van der Waals surface area contributed by atoms with Gasteiger partial charge in [0.05, 0.1) is 30.0 Å². The van der Waals surface area contributed by atoms with Crippen molar-refractivity contribution in [2.75, 3.05) is 12.0 Å². The van der Waals surface area contributed by atoms with Crippen LogP contribution in [0.3, 0.4) is 0 Å². The molecule has 42 heavy (non-hydrogen) atoms. The number of nitrogens with one attached hydrogen (secondary N) is 1. The van der Waals surface area contributed by atoms with Crippen LogP contribution in [0, 0.1) is 11.8 Å². The van der Waals surface area contributed by atoms with E-state index < -0.39 is 17.3 Å². The van der Waals surface area contributed by atoms with Crippen molar-refractivity contribution in [2.45, 2.75) is 24.2 Å². The third-order valence-electron chi connectivity index (χ3n) is 8.95. The first kappa shape index (κ1) is 25.9. The number of methoxy groups -OCH3 is 1. The lowest BCUT2D eigenvalue weighted by molar-refractivity contribution is -0.123. The summed E-state index contributed by atoms with van der Waals surface area (Å²) in [4.78, 5) is 42.9. The Morgan fingerprint density at radius 1 is 0.857 bits per heavy atom. The molecule has 0 unspecified atom stereocenters. The molecule has 1 fully saturated rings. The van der Waals surface area contributed by atoms with Gasteiger partial charge in [0.25, 0.3) is 0 Å². The number of aryl methyl sites for hydroxylation is 1. The normalized spacial score (nSPS) is 23.5. The second kappa shape index (κ2) is 10.1. The van der Waals surface area contributed by atoms with Crippen LogP contribution in [-0.2, 0) is 26.2 Å². The molecule has 4 aromatic carbocycles. The number of para-hydroxylation sites is 2. The van der Waals surface area contributed by atoms with Gasteiger partial charge in [-0.2, -0.15) is 5.10 Å². The largest absolute Gasteiger partial charge is 0.495 e. The summed E-state index contributed by atoms with van der Waals surface area (Å²) in [5.41, 5.74) is 7.02. The first-order valence-corrected chi connectivity index (χ1v) is 14.1. The van der Waals surface area contributed by atoms with E-state index in [4.69, 9.17) is 4.74 Å². The van der Waals surface area contributed by atoms with Crippen molar-refractivity contribution < 1.29 is 19.1 Å². The van der Waals surface area contributed by atoms with Gasteiger partial charge in [-0.3, -0.25) is 14.4 Å². The van der Waals surface area contributed by atoms with E-state index in [-0.39, 0.29) is 30.1 Å². The lowest BCUT2D eigenvalue weighted by atomic mass is 9.47. The van der Waals surface area contributed by atoms with Crippen molar-refractivity contribution in [1.82, 2.24) is 5.43 Å². The molecule has 0 saturated carbocycles. The molecule has 1 aliphatic heterocycles. The van der Waals surface area contributed by atoms with E-state index in [9.17, 15) is 14.4 Å². The molecule has 2 atom stereocenters. The number of ether oxygens (including phenoxy) is 1. The van der Waals surface area contributed by atoms with Crippen molar-refractivity contribution in [2.24, 2.45) is 16.9 Å². The molecule has 8 rings (SSSR count). The van der Waals surface area contributed by atoms with E-state index in [0.717, 1.165) is 27.8 Å². The molecule has 7 nitrogen and oxygen atoms in total. The molecule has 7 heteroatoms. The summed E-state index contributed by atoms with van der Waals surface area (Å²) in [6.45, 7) is 0. The lowest BCUT2D eigenvalue weighted by Gasteiger charge is -2.52. The van der Waals surface area contributed by atoms with Gasteiger partial charge < -0.3 is 4.74 Å². The summed E-state index contributed by atoms with van der Waals surface area (Å²) in [5, 5.41) is 4.49. The highest BCUT2D eigenvalue weighted by atomic mass is 16.5. The topological polar surface area (TPSA) is 88.1 Å². The van der Waals surface area contributed by atoms with Crippen LogP contribution in [0.2, 0.25) is 0 Å². The molecule has 4 aromatic rings. The number of hydrogen-bond acceptors (Lipinski definition) is 5. The maximum absolute atomic E-state index is 14.5. The van der Waals surface area contributed by atoms with Crippen LogP contribution in [0.15, 0.2) is 108 Å². The zero-order valence-corrected chi connectivity index (χ0v) is 23.1. The van der Waals surface area contributed by atoms with E-state index in [2.05, 4.69) is 10.5 Å². The summed E-state index contributed by atoms with van der Waals surface area (Å²) in [6.07, 6.45) is 2.55. The predicted octanol–water partition coefficient (Wildman–Crippen LogP) is 4.98. The number of carbonyl (C=O) groups is 3. The van der Waals surface area contributed by atoms with E-state index in [0.29, 0.717) is 17.9 Å². The van der Waals surface area contributed by atoms with Gasteiger partial charge in [-0.1, -0.05) is 91.0 Å². The van der Waals surface area contributed by atoms with Gasteiger partial charge in [-0.25, -0.2) is 10.3 Å². The van der Waals surface area contributed by atoms with Crippen LogP contribution in [0.4, 0.5) is 5.69 Å². The van der Waals surface area contributed by atoms with Gasteiger partial charge >= 0.3 is 0 Å². The van der Waals surface area contributed by atoms with E-state index in [1.54, 1.807) is 24.4 Å². The van der Waals surface area contributed by atoms with Crippen molar-refractivity contribution in [3.8, 4) is 5.75 Å². The molecule has 0 spiro atoms. The minimum atomic E-state index is -1.05. The Bertz CT molecular complexity index is 1700. The Labute approximate surface area is 243 Å². The van der Waals surface area contributed by atoms with Gasteiger partial charge in [0.15, 0.2) is 0 Å². The molecule has 3 aliphatic carbocycles. The van der Waals surface area contributed by atoms with Gasteiger partial charge in [-0.05, 0) is 46.4 Å². The molecule has 4 aliphatic rings. The lowest BCUT2D eigenvalue weighted by Crippen LogP contribution is -2.54. The van der Waals surface area contributed by atoms with Crippen LogP contribution in [0.5, 0.6) is 5.75 Å². The monoisotopic (exact) mass is 555 g/mol. The number of benzene rings is 4. The standard InChI is InChI=1S/C35H29N3O4/c1-42-28-18-10-9-17-27(28)38-33(40)31-30-23-13-5-7-15-25(23)35(32(31)34(38)41,26-16-8-6-14-24(26)30)21-36-37-29(39)20-19-22-11-3-2-4-12-22/h2-18,21,30-32H,19-20H2,1H3,(H,37,39)/b36-21-/t30?,31-,32-,35?/m1/s1. The maximum atomic E-state index is 14.5. The van der Waals surface area contributed by atoms with E-state index in [1.807, 2.05) is 84.9 Å². The molecular weight excluding hydrogens is 526 g/mol. The molecule has 2 bridgehead atoms. The maximum Gasteiger partial charge on any atom is 0.240 e. The van der Waals surface area contributed by atoms with Gasteiger partial charge in [0, 0.05) is 18.6 Å². The quantitative estimate of drug-likeness (QED) is 0.198. The summed E-state index contributed by atoms with van der Waals surface area (Å²) in [7, 11) is 1.53. The fraction of sp³-hybridized carbons (Fsp3) is 0.200. The first-order valence-electron chi connectivity index (χ1n) is 14.1. The Kier molecular flexibility index (Phi) is 6.23. The summed E-state index contributed by atoms with van der Waals surface area (Å²) >= 11 is 0. The SMILES string of the molecule is COc1ccccc1N1C(=O)[C@@H]2C3c4ccccc4C(/C=N\NC(=O)CCc4ccccc4)(c4ccccc43)[C@H]2C1=O. The average molecular weight is 556 g/mol. The fourth-order valence-corrected chi connectivity index (χ4v) is 7.27. The van der Waals surface area contributed by atoms with Crippen LogP contribution in [0.25, 0.3) is 0 Å². The summed E-state index contributed by atoms with van der Waals surface area (Å²) in [5.74, 6) is -1.98. The Morgan fingerprint density at radius 2 is 1.48 bits per heavy atom. The van der Waals surface area contributed by atoms with Crippen molar-refractivity contribution >= 4 is 29.6 Å². The van der Waals surface area contributed by atoms with Crippen LogP contribution in [0.1, 0.15) is 40.2 Å². The third kappa shape index (κ3) is 3.73. The zero-order valence-electron chi connectivity index (χ0n) is 23.1. The highest BCUT2D eigenvalue weighted by molar-refractivity contribution is 6.25. The Hall–Kier alpha value is -5.04. The molecular formula is C35H29N3O4. The molecule has 208 valence electrons. The second-order valence-corrected chi connectivity index (χ2v) is 11.0. The minimum Gasteiger partial charge on any atom is -0.495 e. The van der Waals surface area contributed by atoms with Crippen LogP contribution < -0.4 is 15.1 Å². The molecule has 0 radical (unpaired) electrons. The van der Waals surface area contributed by atoms with Gasteiger partial charge in [0.2, 0.25) is 17.7 Å². The van der Waals surface area contributed by atoms with Crippen molar-refractivity contribution in [3.63, 3.8) is 0 Å². The number of anilines is 1. The van der Waals surface area contributed by atoms with Gasteiger partial charge in [0.1, 0.15) is 5.75 Å². The first-order chi connectivity index (χ1) is 20.6. The van der Waals surface area contributed by atoms with Crippen molar-refractivity contribution in [1.29, 1.82) is 0 Å². The molecule has 1 N–H and O–H groups in total. The fourth-order valence-electron chi connectivity index (χ4n) is 7.27. The van der Waals surface area contributed by atoms with E-state index in [1.165, 1.54) is 12.0 Å². The number of imide groups is 1. The van der Waals surface area contributed by atoms with Crippen LogP contribution in [-0.4, -0.2) is 31.0 Å². The third-order valence-corrected chi connectivity index (χ3v) is 8.95. The van der Waals surface area contributed by atoms with Crippen LogP contribution >= 0.6 is 0 Å². The average Bonchev–Trinajstić information content (AvgIpc) is 3.31. The number of amides is 3. The molecule has 1 heterocycles. The Balaban J connectivity index is 1.33. The smallest absolute Gasteiger partial charge is 0.240 e. The van der Waals surface area contributed by atoms with Crippen molar-refractivity contribution in [3.05, 3.63) is 131 Å². The minimum absolute atomic E-state index is 0.224. The summed E-state index contributed by atoms with van der Waals surface area (Å²) in [6, 6.07) is 32.8.